The summed E-state index contributed by atoms with van der Waals surface area (Å²) in [7, 11) is 0. The summed E-state index contributed by atoms with van der Waals surface area (Å²) in [5, 5.41) is 0. The molecule has 12 rings (SSSR count). The highest BCUT2D eigenvalue weighted by Gasteiger charge is 2.42. The van der Waals surface area contributed by atoms with E-state index in [-0.39, 0.29) is 47.5 Å². The second-order valence-electron chi connectivity index (χ2n) is 26.9. The van der Waals surface area contributed by atoms with Crippen molar-refractivity contribution in [2.24, 2.45) is 0 Å². The minimum atomic E-state index is -0.447. The van der Waals surface area contributed by atoms with Crippen molar-refractivity contribution >= 4 is 0 Å². The molecule has 0 aromatic heterocycles. The van der Waals surface area contributed by atoms with Crippen LogP contribution >= 0.6 is 0 Å². The summed E-state index contributed by atoms with van der Waals surface area (Å²) in [5.41, 5.74) is 10.0. The van der Waals surface area contributed by atoms with E-state index in [1.54, 1.807) is 0 Å². The molecule has 12 heteroatoms. The Bertz CT molecular complexity index is 3280. The van der Waals surface area contributed by atoms with Gasteiger partial charge in [-0.3, -0.25) is 0 Å². The average Bonchev–Trinajstić information content (AvgIpc) is 2.07. The van der Waals surface area contributed by atoms with E-state index in [0.717, 1.165) is 85.6 Å². The van der Waals surface area contributed by atoms with Crippen LogP contribution in [0, 0.1) is 0 Å². The van der Waals surface area contributed by atoms with Crippen LogP contribution in [-0.2, 0) is 68.3 Å². The maximum absolute atomic E-state index is 7.46. The molecule has 464 valence electrons. The Balaban J connectivity index is 0.981. The zero-order valence-electron chi connectivity index (χ0n) is 53.1. The Morgan fingerprint density at radius 2 is 0.621 bits per heavy atom. The summed E-state index contributed by atoms with van der Waals surface area (Å²) < 4.78 is 73.4. The SMILES string of the molecule is CCC(CC)(Cc1cc(C(C)(C)c2ccc(OCC3CO3)cc2)cc(C(CC)(CC)Cc2cc(C(C)(C)c3ccc(OCC4CO4)cc3)ccc2OCC2CO2)c1OCC1CO1)c1cc(C(C)(C)c2ccc(OCC3CO3)cc2)ccc1OCC1CO1. The molecular weight excluding hydrogens is 1090 g/mol. The molecule has 87 heavy (non-hydrogen) atoms. The topological polar surface area (TPSA) is 131 Å². The van der Waals surface area contributed by atoms with Gasteiger partial charge >= 0.3 is 0 Å². The molecule has 0 bridgehead atoms. The summed E-state index contributed by atoms with van der Waals surface area (Å²) in [6, 6.07) is 44.7. The Hall–Kier alpha value is -6.12. The molecule has 6 unspecified atom stereocenters. The quantitative estimate of drug-likeness (QED) is 0.0357. The van der Waals surface area contributed by atoms with Crippen LogP contribution < -0.4 is 28.4 Å². The molecule has 6 aromatic carbocycles. The van der Waals surface area contributed by atoms with Gasteiger partial charge in [-0.1, -0.05) is 142 Å². The third kappa shape index (κ3) is 14.3. The summed E-state index contributed by atoms with van der Waals surface area (Å²) in [6.07, 6.45) is 5.59. The number of ether oxygens (including phenoxy) is 12. The molecule has 6 heterocycles. The van der Waals surface area contributed by atoms with Crippen LogP contribution in [0.1, 0.15) is 151 Å². The van der Waals surface area contributed by atoms with Crippen LogP contribution in [-0.4, -0.2) is 116 Å². The first kappa shape index (κ1) is 61.1. The van der Waals surface area contributed by atoms with Gasteiger partial charge in [0.05, 0.1) is 39.6 Å². The van der Waals surface area contributed by atoms with Crippen molar-refractivity contribution in [2.75, 3.05) is 79.3 Å². The van der Waals surface area contributed by atoms with Gasteiger partial charge in [0.25, 0.3) is 0 Å². The van der Waals surface area contributed by atoms with E-state index in [0.29, 0.717) is 72.3 Å². The fraction of sp³-hybridized carbons (Fsp3) is 0.520. The molecule has 0 aliphatic carbocycles. The Kier molecular flexibility index (Phi) is 17.8. The van der Waals surface area contributed by atoms with Crippen LogP contribution in [0.25, 0.3) is 0 Å². The lowest BCUT2D eigenvalue weighted by Crippen LogP contribution is -2.33. The number of epoxide rings is 6. The molecule has 6 aromatic rings. The molecule has 6 aliphatic rings. The van der Waals surface area contributed by atoms with E-state index in [1.165, 1.54) is 50.1 Å². The van der Waals surface area contributed by atoms with Crippen LogP contribution in [0.5, 0.6) is 34.5 Å². The van der Waals surface area contributed by atoms with Gasteiger partial charge < -0.3 is 56.8 Å². The zero-order chi connectivity index (χ0) is 60.6. The lowest BCUT2D eigenvalue weighted by Gasteiger charge is -2.40. The molecule has 12 nitrogen and oxygen atoms in total. The molecule has 0 spiro atoms. The van der Waals surface area contributed by atoms with Crippen molar-refractivity contribution in [3.8, 4) is 34.5 Å². The smallest absolute Gasteiger partial charge is 0.126 e. The second-order valence-corrected chi connectivity index (χ2v) is 26.9. The van der Waals surface area contributed by atoms with Gasteiger partial charge in [0.1, 0.15) is 111 Å². The molecule has 6 atom stereocenters. The minimum absolute atomic E-state index is 0.0293. The fourth-order valence-electron chi connectivity index (χ4n) is 12.6. The number of hydrogen-bond acceptors (Lipinski definition) is 12. The Morgan fingerprint density at radius 3 is 1.02 bits per heavy atom. The summed E-state index contributed by atoms with van der Waals surface area (Å²) in [5.74, 6) is 5.28. The number of benzene rings is 6. The lowest BCUT2D eigenvalue weighted by molar-refractivity contribution is 0.244. The van der Waals surface area contributed by atoms with Crippen molar-refractivity contribution in [3.05, 3.63) is 177 Å². The maximum Gasteiger partial charge on any atom is 0.126 e. The highest BCUT2D eigenvalue weighted by Crippen LogP contribution is 2.51. The van der Waals surface area contributed by atoms with Gasteiger partial charge in [-0.2, -0.15) is 0 Å². The van der Waals surface area contributed by atoms with E-state index in [1.807, 2.05) is 0 Å². The first-order chi connectivity index (χ1) is 42.0. The van der Waals surface area contributed by atoms with Crippen LogP contribution in [0.2, 0.25) is 0 Å². The van der Waals surface area contributed by atoms with E-state index < -0.39 is 16.2 Å². The van der Waals surface area contributed by atoms with E-state index in [2.05, 4.69) is 191 Å². The van der Waals surface area contributed by atoms with Gasteiger partial charge in [-0.05, 0) is 132 Å². The predicted molar refractivity (Wildman–Crippen MR) is 338 cm³/mol. The van der Waals surface area contributed by atoms with Gasteiger partial charge in [0.2, 0.25) is 0 Å². The van der Waals surface area contributed by atoms with Crippen molar-refractivity contribution in [2.45, 2.75) is 171 Å². The maximum atomic E-state index is 7.46. The van der Waals surface area contributed by atoms with Crippen LogP contribution in [0.3, 0.4) is 0 Å². The molecule has 6 fully saturated rings. The Morgan fingerprint density at radius 1 is 0.322 bits per heavy atom. The van der Waals surface area contributed by atoms with Crippen molar-refractivity contribution in [1.29, 1.82) is 0 Å². The van der Waals surface area contributed by atoms with Gasteiger partial charge in [-0.25, -0.2) is 0 Å². The lowest BCUT2D eigenvalue weighted by atomic mass is 9.65. The van der Waals surface area contributed by atoms with E-state index in [4.69, 9.17) is 56.8 Å². The molecule has 0 N–H and O–H groups in total. The van der Waals surface area contributed by atoms with Crippen molar-refractivity contribution in [1.82, 2.24) is 0 Å². The van der Waals surface area contributed by atoms with Crippen molar-refractivity contribution < 1.29 is 56.8 Å². The normalized spacial score (nSPS) is 21.2. The third-order valence-corrected chi connectivity index (χ3v) is 20.0. The van der Waals surface area contributed by atoms with Gasteiger partial charge in [0.15, 0.2) is 0 Å². The van der Waals surface area contributed by atoms with Gasteiger partial charge in [0, 0.05) is 38.2 Å². The fourth-order valence-corrected chi connectivity index (χ4v) is 12.6. The average molecular weight is 1190 g/mol. The van der Waals surface area contributed by atoms with Crippen LogP contribution in [0.4, 0.5) is 0 Å². The second kappa shape index (κ2) is 25.4. The monoisotopic (exact) mass is 1180 g/mol. The number of hydrogen-bond donors (Lipinski definition) is 0. The molecular formula is C75H92O12. The molecule has 0 radical (unpaired) electrons. The summed E-state index contributed by atoms with van der Waals surface area (Å²) in [6.45, 7) is 31.0. The first-order valence-corrected chi connectivity index (χ1v) is 32.3. The zero-order valence-corrected chi connectivity index (χ0v) is 53.1. The van der Waals surface area contributed by atoms with E-state index >= 15 is 0 Å². The highest BCUT2D eigenvalue weighted by atomic mass is 16.6. The molecule has 6 saturated heterocycles. The highest BCUT2D eigenvalue weighted by molar-refractivity contribution is 5.57. The Labute approximate surface area is 516 Å². The summed E-state index contributed by atoms with van der Waals surface area (Å²) in [4.78, 5) is 0. The largest absolute Gasteiger partial charge is 0.491 e. The molecule has 0 saturated carbocycles. The first-order valence-electron chi connectivity index (χ1n) is 32.3. The third-order valence-electron chi connectivity index (χ3n) is 20.0. The number of rotatable bonds is 34. The predicted octanol–water partition coefficient (Wildman–Crippen LogP) is 13.9. The van der Waals surface area contributed by atoms with Gasteiger partial charge in [-0.15, -0.1) is 0 Å². The van der Waals surface area contributed by atoms with E-state index in [9.17, 15) is 0 Å². The molecule has 0 amide bonds. The molecule has 6 aliphatic heterocycles. The van der Waals surface area contributed by atoms with Crippen LogP contribution in [0.15, 0.2) is 121 Å². The standard InChI is InChI=1S/C75H92O12/c1-11-74(12-2,66-33-55(22-30-69(66)86-47-64-44-83-64)72(7,8)52-17-25-58(26-18-52)77-38-61-41-80-61)36-50-32-56(73(9,10)53-19-27-59(28-20-53)78-39-62-42-81-62)34-67(70(50)87-48-65-45-84-65)75(13-3,14-4)35-49-31-54(21-29-68(49)85-46-63-43-82-63)71(5,6)51-15-23-57(24-16-51)76-37-60-40-79-60/h15-34,60-65H,11-14,35-48H2,1-10H3. The summed E-state index contributed by atoms with van der Waals surface area (Å²) >= 11 is 0. The van der Waals surface area contributed by atoms with Crippen molar-refractivity contribution in [3.63, 3.8) is 0 Å². The minimum Gasteiger partial charge on any atom is -0.491 e.